The lowest BCUT2D eigenvalue weighted by Gasteiger charge is -2.28. The first-order chi connectivity index (χ1) is 9.34. The van der Waals surface area contributed by atoms with Crippen LogP contribution in [0.5, 0.6) is 0 Å². The van der Waals surface area contributed by atoms with Crippen LogP contribution >= 0.6 is 22.3 Å². The first-order valence-corrected chi connectivity index (χ1v) is 9.08. The average molecular weight is 352 g/mol. The van der Waals surface area contributed by atoms with E-state index < -0.39 is 9.05 Å². The Balaban J connectivity index is 3.21. The molecule has 1 amide bonds. The number of carbonyl (C=O) groups is 1. The summed E-state index contributed by atoms with van der Waals surface area (Å²) >= 11 is 5.94. The van der Waals surface area contributed by atoms with Gasteiger partial charge in [0.05, 0.1) is 5.02 Å². The highest BCUT2D eigenvalue weighted by molar-refractivity contribution is 8.13. The second-order valence-electron chi connectivity index (χ2n) is 6.10. The van der Waals surface area contributed by atoms with E-state index in [0.29, 0.717) is 5.56 Å². The third-order valence-corrected chi connectivity index (χ3v) is 5.35. The molecule has 0 aliphatic carbocycles. The molecule has 0 saturated heterocycles. The summed E-state index contributed by atoms with van der Waals surface area (Å²) in [5.74, 6) is -0.362. The van der Waals surface area contributed by atoms with Gasteiger partial charge in [-0.25, -0.2) is 8.42 Å². The van der Waals surface area contributed by atoms with Crippen LogP contribution in [0.25, 0.3) is 0 Å². The van der Waals surface area contributed by atoms with Crippen LogP contribution in [-0.4, -0.2) is 20.4 Å². The van der Waals surface area contributed by atoms with Crippen molar-refractivity contribution in [1.29, 1.82) is 0 Å². The Kier molecular flexibility index (Phi) is 5.35. The molecule has 0 fully saturated rings. The summed E-state index contributed by atoms with van der Waals surface area (Å²) in [4.78, 5) is 12.0. The molecule has 0 radical (unpaired) electrons. The minimum atomic E-state index is -4.01. The van der Waals surface area contributed by atoms with E-state index in [4.69, 9.17) is 22.3 Å². The van der Waals surface area contributed by atoms with Gasteiger partial charge in [-0.15, -0.1) is 0 Å². The minimum Gasteiger partial charge on any atom is -0.349 e. The van der Waals surface area contributed by atoms with Crippen LogP contribution in [0.2, 0.25) is 5.02 Å². The molecule has 0 spiro atoms. The predicted molar refractivity (Wildman–Crippen MR) is 85.6 cm³/mol. The first-order valence-electron chi connectivity index (χ1n) is 6.39. The Morgan fingerprint density at radius 1 is 1.29 bits per heavy atom. The normalized spacial score (nSPS) is 13.9. The maximum Gasteiger partial charge on any atom is 0.262 e. The molecule has 118 valence electrons. The number of hydrogen-bond donors (Lipinski definition) is 1. The minimum absolute atomic E-state index is 0.0328. The van der Waals surface area contributed by atoms with Crippen LogP contribution in [0.1, 0.15) is 43.6 Å². The van der Waals surface area contributed by atoms with Gasteiger partial charge in [0.2, 0.25) is 0 Å². The van der Waals surface area contributed by atoms with E-state index in [1.54, 1.807) is 13.0 Å². The molecular formula is C14H19Cl2NO3S. The topological polar surface area (TPSA) is 63.2 Å². The molecule has 1 N–H and O–H groups in total. The summed E-state index contributed by atoms with van der Waals surface area (Å²) in [6.45, 7) is 9.51. The van der Waals surface area contributed by atoms with Gasteiger partial charge in [-0.1, -0.05) is 32.4 Å². The molecule has 1 aromatic rings. The molecule has 0 aliphatic rings. The maximum atomic E-state index is 12.3. The van der Waals surface area contributed by atoms with Crippen LogP contribution in [0.4, 0.5) is 0 Å². The van der Waals surface area contributed by atoms with Crippen LogP contribution in [-0.2, 0) is 9.05 Å². The Hall–Kier alpha value is -0.780. The van der Waals surface area contributed by atoms with Crippen molar-refractivity contribution in [1.82, 2.24) is 5.32 Å². The zero-order chi connectivity index (χ0) is 16.6. The van der Waals surface area contributed by atoms with Crippen molar-refractivity contribution in [3.63, 3.8) is 0 Å². The third-order valence-electron chi connectivity index (χ3n) is 3.39. The quantitative estimate of drug-likeness (QED) is 0.843. The highest BCUT2D eigenvalue weighted by Gasteiger charge is 2.24. The Morgan fingerprint density at radius 2 is 1.81 bits per heavy atom. The summed E-state index contributed by atoms with van der Waals surface area (Å²) in [5.41, 5.74) is 0.581. The van der Waals surface area contributed by atoms with E-state index in [2.05, 4.69) is 5.32 Å². The first kappa shape index (κ1) is 18.3. The van der Waals surface area contributed by atoms with E-state index in [1.165, 1.54) is 6.07 Å². The molecule has 0 bridgehead atoms. The third kappa shape index (κ3) is 4.59. The molecule has 4 nitrogen and oxygen atoms in total. The zero-order valence-electron chi connectivity index (χ0n) is 12.6. The van der Waals surface area contributed by atoms with E-state index in [-0.39, 0.29) is 32.8 Å². The van der Waals surface area contributed by atoms with Crippen molar-refractivity contribution in [3.05, 3.63) is 28.3 Å². The largest absolute Gasteiger partial charge is 0.349 e. The van der Waals surface area contributed by atoms with Gasteiger partial charge in [0.25, 0.3) is 15.0 Å². The van der Waals surface area contributed by atoms with Crippen LogP contribution in [0.15, 0.2) is 17.0 Å². The molecule has 1 rings (SSSR count). The maximum absolute atomic E-state index is 12.3. The zero-order valence-corrected chi connectivity index (χ0v) is 14.9. The lowest BCUT2D eigenvalue weighted by atomic mass is 9.88. The fraction of sp³-hybridized carbons (Fsp3) is 0.500. The predicted octanol–water partition coefficient (Wildman–Crippen LogP) is 3.74. The summed E-state index contributed by atoms with van der Waals surface area (Å²) in [6, 6.07) is 2.65. The van der Waals surface area contributed by atoms with Gasteiger partial charge < -0.3 is 5.32 Å². The summed E-state index contributed by atoms with van der Waals surface area (Å²) in [6.07, 6.45) is 0. The van der Waals surface area contributed by atoms with E-state index in [1.807, 2.05) is 27.7 Å². The Morgan fingerprint density at radius 3 is 2.24 bits per heavy atom. The standard InChI is InChI=1S/C14H19Cl2NO3S/c1-8-6-10(7-11(12(8)15)21(16,19)20)13(18)17-9(2)14(3,4)5/h6-7,9H,1-5H3,(H,17,18). The highest BCUT2D eigenvalue weighted by atomic mass is 35.7. The molecule has 0 saturated carbocycles. The number of benzene rings is 1. The smallest absolute Gasteiger partial charge is 0.262 e. The molecular weight excluding hydrogens is 333 g/mol. The molecule has 0 heterocycles. The number of amides is 1. The highest BCUT2D eigenvalue weighted by Crippen LogP contribution is 2.29. The summed E-state index contributed by atoms with van der Waals surface area (Å²) < 4.78 is 23.0. The molecule has 1 aromatic carbocycles. The van der Waals surface area contributed by atoms with Crippen molar-refractivity contribution in [2.75, 3.05) is 0 Å². The van der Waals surface area contributed by atoms with E-state index >= 15 is 0 Å². The van der Waals surface area contributed by atoms with Crippen LogP contribution in [0.3, 0.4) is 0 Å². The van der Waals surface area contributed by atoms with E-state index in [0.717, 1.165) is 0 Å². The molecule has 1 atom stereocenters. The number of rotatable bonds is 3. The summed E-state index contributed by atoms with van der Waals surface area (Å²) in [5, 5.41) is 2.87. The molecule has 1 unspecified atom stereocenters. The number of nitrogens with one attached hydrogen (secondary N) is 1. The van der Waals surface area contributed by atoms with Gasteiger partial charge in [0.15, 0.2) is 0 Å². The van der Waals surface area contributed by atoms with E-state index in [9.17, 15) is 13.2 Å². The average Bonchev–Trinajstić information content (AvgIpc) is 2.29. The SMILES string of the molecule is Cc1cc(C(=O)NC(C)C(C)(C)C)cc(S(=O)(=O)Cl)c1Cl. The monoisotopic (exact) mass is 351 g/mol. The lowest BCUT2D eigenvalue weighted by Crippen LogP contribution is -2.41. The second-order valence-corrected chi connectivity index (χ2v) is 9.02. The lowest BCUT2D eigenvalue weighted by molar-refractivity contribution is 0.0910. The van der Waals surface area contributed by atoms with Crippen molar-refractivity contribution < 1.29 is 13.2 Å². The molecule has 21 heavy (non-hydrogen) atoms. The van der Waals surface area contributed by atoms with Crippen molar-refractivity contribution >= 4 is 37.2 Å². The van der Waals surface area contributed by atoms with Crippen LogP contribution in [0, 0.1) is 12.3 Å². The summed E-state index contributed by atoms with van der Waals surface area (Å²) in [7, 11) is 1.34. The molecule has 0 aliphatic heterocycles. The van der Waals surface area contributed by atoms with Gasteiger partial charge in [0.1, 0.15) is 4.90 Å². The number of aryl methyl sites for hydroxylation is 1. The number of halogens is 2. The number of carbonyl (C=O) groups excluding carboxylic acids is 1. The fourth-order valence-corrected chi connectivity index (χ4v) is 3.08. The molecule has 0 aromatic heterocycles. The van der Waals surface area contributed by atoms with Gasteiger partial charge in [-0.05, 0) is 37.0 Å². The Labute approximate surface area is 135 Å². The van der Waals surface area contributed by atoms with Crippen molar-refractivity contribution in [3.8, 4) is 0 Å². The number of hydrogen-bond acceptors (Lipinski definition) is 3. The van der Waals surface area contributed by atoms with Gasteiger partial charge in [0, 0.05) is 22.3 Å². The second kappa shape index (κ2) is 6.15. The fourth-order valence-electron chi connectivity index (χ4n) is 1.54. The molecule has 7 heteroatoms. The van der Waals surface area contributed by atoms with Crippen molar-refractivity contribution in [2.24, 2.45) is 5.41 Å². The Bertz CT molecular complexity index is 664. The van der Waals surface area contributed by atoms with Gasteiger partial charge in [-0.2, -0.15) is 0 Å². The van der Waals surface area contributed by atoms with Crippen molar-refractivity contribution in [2.45, 2.75) is 45.6 Å². The van der Waals surface area contributed by atoms with Gasteiger partial charge >= 0.3 is 0 Å². The van der Waals surface area contributed by atoms with Crippen LogP contribution < -0.4 is 5.32 Å². The van der Waals surface area contributed by atoms with Gasteiger partial charge in [-0.3, -0.25) is 4.79 Å².